The summed E-state index contributed by atoms with van der Waals surface area (Å²) in [5, 5.41) is 18.3. The van der Waals surface area contributed by atoms with Crippen LogP contribution in [0.5, 0.6) is 0 Å². The van der Waals surface area contributed by atoms with Gasteiger partial charge in [-0.05, 0) is 0 Å². The summed E-state index contributed by atoms with van der Waals surface area (Å²) in [5.41, 5.74) is 5.47. The second-order valence-corrected chi connectivity index (χ2v) is 7.73. The number of fused-ring (bicyclic) bond motifs is 3. The highest BCUT2D eigenvalue weighted by molar-refractivity contribution is 7.19. The van der Waals surface area contributed by atoms with Gasteiger partial charge in [-0.1, -0.05) is 0 Å². The van der Waals surface area contributed by atoms with E-state index in [2.05, 4.69) is 25.0 Å². The van der Waals surface area contributed by atoms with Gasteiger partial charge in [0, 0.05) is 18.9 Å². The lowest BCUT2D eigenvalue weighted by Crippen LogP contribution is -2.28. The Kier molecular flexibility index (Phi) is 5.20. The number of rotatable bonds is 6. The van der Waals surface area contributed by atoms with Crippen LogP contribution in [0.25, 0.3) is 21.3 Å². The Labute approximate surface area is 179 Å². The van der Waals surface area contributed by atoms with E-state index in [1.54, 1.807) is 7.05 Å². The van der Waals surface area contributed by atoms with Crippen molar-refractivity contribution in [2.75, 3.05) is 0 Å². The number of aromatic nitrogens is 6. The van der Waals surface area contributed by atoms with E-state index in [1.807, 2.05) is 0 Å². The van der Waals surface area contributed by atoms with Crippen molar-refractivity contribution < 1.29 is 22.3 Å². The van der Waals surface area contributed by atoms with E-state index in [9.17, 15) is 22.4 Å². The van der Waals surface area contributed by atoms with E-state index in [0.29, 0.717) is 27.0 Å². The topological polar surface area (TPSA) is 140 Å². The molecule has 0 amide bonds. The van der Waals surface area contributed by atoms with Crippen LogP contribution in [0, 0.1) is 11.2 Å². The van der Waals surface area contributed by atoms with Gasteiger partial charge in [-0.15, -0.1) is 24.5 Å². The number of H-pyrrole nitrogens is 1. The Morgan fingerprint density at radius 1 is 1.41 bits per heavy atom. The zero-order chi connectivity index (χ0) is 23.2. The standard InChI is InChI=1S/C17H14F4N8O2S/c1-28-13-7(14-15(28)26-12(32-14)2-10-8(18)5-24-27-10)4-25-29(16(13)30)6-9(23)11(3-22)31-17(19,20)21/h3-5,22H,2,6,23H2,1H3,(H,24,27). The second-order valence-electron chi connectivity index (χ2n) is 6.64. The summed E-state index contributed by atoms with van der Waals surface area (Å²) >= 11 is 1.25. The van der Waals surface area contributed by atoms with Crippen LogP contribution >= 0.6 is 11.3 Å². The molecular weight excluding hydrogens is 456 g/mol. The number of allylic oxidation sites excluding steroid dienone is 2. The number of aromatic amines is 1. The third kappa shape index (κ3) is 3.81. The molecule has 0 aromatic carbocycles. The molecule has 0 aliphatic carbocycles. The van der Waals surface area contributed by atoms with Crippen molar-refractivity contribution in [2.45, 2.75) is 19.3 Å². The average molecular weight is 470 g/mol. The molecule has 10 nitrogen and oxygen atoms in total. The van der Waals surface area contributed by atoms with Crippen molar-refractivity contribution in [3.05, 3.63) is 50.7 Å². The first-order valence-electron chi connectivity index (χ1n) is 8.85. The molecular formula is C17H14F4N8O2S. The van der Waals surface area contributed by atoms with E-state index < -0.39 is 35.7 Å². The number of nitrogens with two attached hydrogens (primary N) is 1. The maximum Gasteiger partial charge on any atom is 0.573 e. The monoisotopic (exact) mass is 470 g/mol. The first-order chi connectivity index (χ1) is 15.1. The van der Waals surface area contributed by atoms with E-state index in [4.69, 9.17) is 11.1 Å². The van der Waals surface area contributed by atoms with Gasteiger partial charge in [0.15, 0.2) is 17.2 Å². The van der Waals surface area contributed by atoms with Gasteiger partial charge in [0.05, 0.1) is 41.2 Å². The van der Waals surface area contributed by atoms with Gasteiger partial charge in [-0.2, -0.15) is 10.2 Å². The van der Waals surface area contributed by atoms with Crippen molar-refractivity contribution >= 4 is 38.8 Å². The highest BCUT2D eigenvalue weighted by Gasteiger charge is 2.32. The molecule has 4 aromatic heterocycles. The predicted octanol–water partition coefficient (Wildman–Crippen LogP) is 2.15. The van der Waals surface area contributed by atoms with Gasteiger partial charge in [0.1, 0.15) is 10.5 Å². The molecule has 4 rings (SSSR count). The van der Waals surface area contributed by atoms with Crippen LogP contribution < -0.4 is 11.3 Å². The summed E-state index contributed by atoms with van der Waals surface area (Å²) < 4.78 is 57.7. The summed E-state index contributed by atoms with van der Waals surface area (Å²) in [6, 6.07) is 0. The quantitative estimate of drug-likeness (QED) is 0.224. The maximum atomic E-state index is 13.6. The highest BCUT2D eigenvalue weighted by Crippen LogP contribution is 2.31. The molecule has 0 aliphatic heterocycles. The SMILES string of the molecule is Cn1c2nc(Cc3[nH]ncc3F)sc2c2cnn(CC(N)=C(C=N)OC(F)(F)F)c(=O)c21. The first kappa shape index (κ1) is 21.5. The molecule has 0 fully saturated rings. The van der Waals surface area contributed by atoms with Crippen LogP contribution in [0.3, 0.4) is 0 Å². The number of hydrogen-bond acceptors (Lipinski definition) is 8. The van der Waals surface area contributed by atoms with Gasteiger partial charge < -0.3 is 20.4 Å². The molecule has 0 atom stereocenters. The van der Waals surface area contributed by atoms with Crippen LogP contribution in [0.15, 0.2) is 28.6 Å². The molecule has 32 heavy (non-hydrogen) atoms. The Hall–Kier alpha value is -3.75. The average Bonchev–Trinajstić information content (AvgIpc) is 3.38. The Morgan fingerprint density at radius 3 is 2.78 bits per heavy atom. The molecule has 15 heteroatoms. The fraction of sp³-hybridized carbons (Fsp3) is 0.235. The minimum atomic E-state index is -5.04. The summed E-state index contributed by atoms with van der Waals surface area (Å²) in [7, 11) is 1.60. The molecule has 0 aliphatic rings. The van der Waals surface area contributed by atoms with Crippen molar-refractivity contribution in [3.8, 4) is 0 Å². The number of thiazole rings is 1. The van der Waals surface area contributed by atoms with Gasteiger partial charge in [-0.3, -0.25) is 9.89 Å². The van der Waals surface area contributed by atoms with Crippen LogP contribution in [-0.2, 0) is 24.8 Å². The number of nitrogens with zero attached hydrogens (tertiary/aromatic N) is 5. The van der Waals surface area contributed by atoms with Gasteiger partial charge in [-0.25, -0.2) is 14.1 Å². The third-order valence-electron chi connectivity index (χ3n) is 4.56. The molecule has 0 spiro atoms. The Balaban J connectivity index is 1.73. The van der Waals surface area contributed by atoms with Crippen molar-refractivity contribution in [3.63, 3.8) is 0 Å². The number of hydrogen-bond donors (Lipinski definition) is 3. The first-order valence-corrected chi connectivity index (χ1v) is 9.67. The fourth-order valence-electron chi connectivity index (χ4n) is 3.15. The van der Waals surface area contributed by atoms with Crippen LogP contribution in [0.2, 0.25) is 0 Å². The number of aryl methyl sites for hydroxylation is 1. The highest BCUT2D eigenvalue weighted by atomic mass is 32.1. The van der Waals surface area contributed by atoms with Crippen LogP contribution in [-0.4, -0.2) is 42.1 Å². The third-order valence-corrected chi connectivity index (χ3v) is 5.63. The predicted molar refractivity (Wildman–Crippen MR) is 107 cm³/mol. The smallest absolute Gasteiger partial charge is 0.402 e. The number of ether oxygens (including phenoxy) is 1. The second kappa shape index (κ2) is 7.74. The lowest BCUT2D eigenvalue weighted by molar-refractivity contribution is -0.302. The number of halogens is 4. The molecule has 168 valence electrons. The van der Waals surface area contributed by atoms with E-state index >= 15 is 0 Å². The van der Waals surface area contributed by atoms with Crippen LogP contribution in [0.1, 0.15) is 10.7 Å². The maximum absolute atomic E-state index is 13.6. The van der Waals surface area contributed by atoms with Gasteiger partial charge in [0.25, 0.3) is 5.56 Å². The van der Waals surface area contributed by atoms with Crippen molar-refractivity contribution in [1.29, 1.82) is 5.41 Å². The lowest BCUT2D eigenvalue weighted by atomic mass is 10.3. The Morgan fingerprint density at radius 2 is 2.16 bits per heavy atom. The van der Waals surface area contributed by atoms with Gasteiger partial charge >= 0.3 is 6.36 Å². The fourth-order valence-corrected chi connectivity index (χ4v) is 4.26. The van der Waals surface area contributed by atoms with E-state index in [1.165, 1.54) is 22.1 Å². The normalized spacial score (nSPS) is 13.0. The van der Waals surface area contributed by atoms with Crippen molar-refractivity contribution in [2.24, 2.45) is 12.8 Å². The summed E-state index contributed by atoms with van der Waals surface area (Å²) in [5.74, 6) is -1.42. The summed E-state index contributed by atoms with van der Waals surface area (Å²) in [4.78, 5) is 17.4. The van der Waals surface area contributed by atoms with E-state index in [-0.39, 0.29) is 17.6 Å². The molecule has 0 saturated carbocycles. The Bertz CT molecular complexity index is 1430. The molecule has 0 radical (unpaired) electrons. The molecule has 4 heterocycles. The minimum Gasteiger partial charge on any atom is -0.402 e. The number of alkyl halides is 3. The van der Waals surface area contributed by atoms with Gasteiger partial charge in [0.2, 0.25) is 0 Å². The van der Waals surface area contributed by atoms with Crippen molar-refractivity contribution in [1.82, 2.24) is 29.5 Å². The molecule has 0 bridgehead atoms. The van der Waals surface area contributed by atoms with Crippen LogP contribution in [0.4, 0.5) is 17.6 Å². The molecule has 4 N–H and O–H groups in total. The lowest BCUT2D eigenvalue weighted by Gasteiger charge is -2.12. The zero-order valence-corrected chi connectivity index (χ0v) is 17.0. The molecule has 0 saturated heterocycles. The number of nitrogens with one attached hydrogen (secondary N) is 2. The minimum absolute atomic E-state index is 0.185. The zero-order valence-electron chi connectivity index (χ0n) is 16.2. The molecule has 0 unspecified atom stereocenters. The molecule has 4 aromatic rings. The summed E-state index contributed by atoms with van der Waals surface area (Å²) in [6.07, 6.45) is -2.11. The van der Waals surface area contributed by atoms with E-state index in [0.717, 1.165) is 10.9 Å². The summed E-state index contributed by atoms with van der Waals surface area (Å²) in [6.45, 7) is -0.522. The largest absolute Gasteiger partial charge is 0.573 e.